The van der Waals surface area contributed by atoms with Gasteiger partial charge in [-0.15, -0.1) is 0 Å². The lowest BCUT2D eigenvalue weighted by Gasteiger charge is -2.07. The van der Waals surface area contributed by atoms with Crippen molar-refractivity contribution < 1.29 is 14.6 Å². The molecule has 25 heavy (non-hydrogen) atoms. The van der Waals surface area contributed by atoms with Crippen LogP contribution in [0.2, 0.25) is 0 Å². The van der Waals surface area contributed by atoms with Crippen LogP contribution in [0.5, 0.6) is 11.6 Å². The first-order valence-corrected chi connectivity index (χ1v) is 8.62. The van der Waals surface area contributed by atoms with E-state index >= 15 is 0 Å². The van der Waals surface area contributed by atoms with Gasteiger partial charge in [0.05, 0.1) is 11.4 Å². The van der Waals surface area contributed by atoms with E-state index in [4.69, 9.17) is 4.74 Å². The van der Waals surface area contributed by atoms with Crippen LogP contribution in [0.15, 0.2) is 59.4 Å². The van der Waals surface area contributed by atoms with Gasteiger partial charge in [-0.2, -0.15) is 0 Å². The number of rotatable bonds is 7. The van der Waals surface area contributed by atoms with Crippen molar-refractivity contribution in [3.63, 3.8) is 0 Å². The minimum Gasteiger partial charge on any atom is -0.494 e. The van der Waals surface area contributed by atoms with Crippen molar-refractivity contribution in [1.82, 2.24) is 4.57 Å². The zero-order valence-corrected chi connectivity index (χ0v) is 14.2. The number of benzene rings is 2. The van der Waals surface area contributed by atoms with Gasteiger partial charge in [0.2, 0.25) is 5.88 Å². The maximum absolute atomic E-state index is 12.1. The number of hydrogen-bond donors (Lipinski definition) is 1. The molecule has 128 valence electrons. The minimum atomic E-state index is -0.205. The van der Waals surface area contributed by atoms with Crippen LogP contribution >= 0.6 is 11.3 Å². The fraction of sp³-hybridized carbons (Fsp3) is 0.158. The summed E-state index contributed by atoms with van der Waals surface area (Å²) in [6.45, 7) is 0.501. The number of aldehydes is 1. The Hall–Kier alpha value is -2.86. The summed E-state index contributed by atoms with van der Waals surface area (Å²) in [5.74, 6) is 0.608. The minimum absolute atomic E-state index is 0.00115. The Morgan fingerprint density at radius 2 is 1.80 bits per heavy atom. The summed E-state index contributed by atoms with van der Waals surface area (Å²) < 4.78 is 6.89. The molecule has 1 aromatic heterocycles. The van der Waals surface area contributed by atoms with Crippen molar-refractivity contribution in [2.45, 2.75) is 13.0 Å². The van der Waals surface area contributed by atoms with Gasteiger partial charge in [-0.1, -0.05) is 41.7 Å². The van der Waals surface area contributed by atoms with Gasteiger partial charge < -0.3 is 9.84 Å². The second-order valence-corrected chi connectivity index (χ2v) is 6.51. The number of nitrogens with zero attached hydrogens (tertiary/aromatic N) is 1. The average molecular weight is 355 g/mol. The van der Waals surface area contributed by atoms with Crippen LogP contribution in [0.3, 0.4) is 0 Å². The third-order valence-electron chi connectivity index (χ3n) is 3.74. The van der Waals surface area contributed by atoms with E-state index in [-0.39, 0.29) is 23.9 Å². The van der Waals surface area contributed by atoms with Crippen molar-refractivity contribution in [3.05, 3.63) is 80.3 Å². The second kappa shape index (κ2) is 7.81. The molecule has 0 radical (unpaired) electrons. The molecule has 0 spiro atoms. The van der Waals surface area contributed by atoms with Gasteiger partial charge in [0.25, 0.3) is 0 Å². The Labute approximate surface area is 148 Å². The zero-order valence-electron chi connectivity index (χ0n) is 13.4. The molecule has 0 saturated heterocycles. The second-order valence-electron chi connectivity index (χ2n) is 5.46. The van der Waals surface area contributed by atoms with Gasteiger partial charge in [-0.25, -0.2) is 0 Å². The van der Waals surface area contributed by atoms with E-state index < -0.39 is 0 Å². The topological polar surface area (TPSA) is 68.5 Å². The third-order valence-corrected chi connectivity index (χ3v) is 4.71. The average Bonchev–Trinajstić information content (AvgIpc) is 2.90. The molecule has 3 rings (SSSR count). The highest BCUT2D eigenvalue weighted by molar-refractivity contribution is 7.09. The summed E-state index contributed by atoms with van der Waals surface area (Å²) in [6.07, 6.45) is 1.29. The molecule has 0 fully saturated rings. The zero-order chi connectivity index (χ0) is 17.6. The first-order valence-electron chi connectivity index (χ1n) is 7.81. The predicted molar refractivity (Wildman–Crippen MR) is 96.8 cm³/mol. The highest BCUT2D eigenvalue weighted by Gasteiger charge is 2.14. The summed E-state index contributed by atoms with van der Waals surface area (Å²) in [5, 5.41) is 10.3. The lowest BCUT2D eigenvalue weighted by atomic mass is 10.1. The molecule has 0 saturated carbocycles. The fourth-order valence-corrected chi connectivity index (χ4v) is 3.37. The van der Waals surface area contributed by atoms with E-state index in [0.717, 1.165) is 23.2 Å². The van der Waals surface area contributed by atoms with Crippen LogP contribution in [0.1, 0.15) is 20.8 Å². The van der Waals surface area contributed by atoms with Crippen LogP contribution in [-0.4, -0.2) is 22.6 Å². The van der Waals surface area contributed by atoms with Gasteiger partial charge in [-0.3, -0.25) is 14.2 Å². The summed E-state index contributed by atoms with van der Waals surface area (Å²) in [5.41, 5.74) is 1.61. The molecule has 6 heteroatoms. The van der Waals surface area contributed by atoms with Gasteiger partial charge in [0, 0.05) is 12.0 Å². The van der Waals surface area contributed by atoms with Crippen LogP contribution < -0.4 is 9.61 Å². The Kier molecular flexibility index (Phi) is 5.30. The number of hydrogen-bond acceptors (Lipinski definition) is 5. The Morgan fingerprint density at radius 3 is 2.48 bits per heavy atom. The van der Waals surface area contributed by atoms with Crippen LogP contribution in [0, 0.1) is 0 Å². The van der Waals surface area contributed by atoms with Crippen molar-refractivity contribution in [1.29, 1.82) is 0 Å². The molecule has 0 bridgehead atoms. The van der Waals surface area contributed by atoms with Crippen LogP contribution in [0.4, 0.5) is 0 Å². The van der Waals surface area contributed by atoms with Gasteiger partial charge >= 0.3 is 4.87 Å². The summed E-state index contributed by atoms with van der Waals surface area (Å²) in [7, 11) is 0. The standard InChI is InChI=1S/C19H17NO4S/c21-13-15-6-8-16(9-7-15)24-11-10-20-18(22)17(25-19(20)23)12-14-4-2-1-3-5-14/h1-9,13,22H,10-12H2. The fourth-order valence-electron chi connectivity index (χ4n) is 2.43. The molecule has 2 aromatic carbocycles. The maximum Gasteiger partial charge on any atom is 0.310 e. The third kappa shape index (κ3) is 4.16. The number of carbonyl (C=O) groups is 1. The van der Waals surface area contributed by atoms with Crippen molar-refractivity contribution >= 4 is 17.6 Å². The molecule has 1 heterocycles. The van der Waals surface area contributed by atoms with Crippen molar-refractivity contribution in [2.75, 3.05) is 6.61 Å². The molecule has 0 atom stereocenters. The quantitative estimate of drug-likeness (QED) is 0.661. The highest BCUT2D eigenvalue weighted by Crippen LogP contribution is 2.23. The molecular formula is C19H17NO4S. The van der Waals surface area contributed by atoms with E-state index in [0.29, 0.717) is 22.6 Å². The van der Waals surface area contributed by atoms with Crippen LogP contribution in [0.25, 0.3) is 0 Å². The summed E-state index contributed by atoms with van der Waals surface area (Å²) in [6, 6.07) is 16.4. The SMILES string of the molecule is O=Cc1ccc(OCCn2c(O)c(Cc3ccccc3)sc2=O)cc1. The summed E-state index contributed by atoms with van der Waals surface area (Å²) >= 11 is 1.05. The molecule has 1 N–H and O–H groups in total. The largest absolute Gasteiger partial charge is 0.494 e. The van der Waals surface area contributed by atoms with E-state index in [2.05, 4.69) is 0 Å². The molecule has 3 aromatic rings. The number of ether oxygens (including phenoxy) is 1. The molecule has 0 aliphatic heterocycles. The molecule has 0 unspecified atom stereocenters. The Bertz CT molecular complexity index is 897. The number of carbonyl (C=O) groups excluding carboxylic acids is 1. The van der Waals surface area contributed by atoms with Crippen LogP contribution in [-0.2, 0) is 13.0 Å². The van der Waals surface area contributed by atoms with E-state index in [1.165, 1.54) is 4.57 Å². The molecule has 0 amide bonds. The number of aromatic hydroxyl groups is 1. The predicted octanol–water partition coefficient (Wildman–Crippen LogP) is 3.10. The van der Waals surface area contributed by atoms with Gasteiger partial charge in [-0.05, 0) is 29.8 Å². The van der Waals surface area contributed by atoms with Crippen molar-refractivity contribution in [2.24, 2.45) is 0 Å². The first kappa shape index (κ1) is 17.0. The highest BCUT2D eigenvalue weighted by atomic mass is 32.1. The molecular weight excluding hydrogens is 338 g/mol. The van der Waals surface area contributed by atoms with Gasteiger partial charge in [0.15, 0.2) is 0 Å². The lowest BCUT2D eigenvalue weighted by Crippen LogP contribution is -2.17. The van der Waals surface area contributed by atoms with Gasteiger partial charge in [0.1, 0.15) is 18.6 Å². The van der Waals surface area contributed by atoms with Crippen molar-refractivity contribution in [3.8, 4) is 11.6 Å². The smallest absolute Gasteiger partial charge is 0.310 e. The molecule has 0 aliphatic carbocycles. The normalized spacial score (nSPS) is 10.6. The van der Waals surface area contributed by atoms with E-state index in [1.807, 2.05) is 30.3 Å². The summed E-state index contributed by atoms with van der Waals surface area (Å²) in [4.78, 5) is 23.2. The maximum atomic E-state index is 12.1. The number of aromatic nitrogens is 1. The first-order chi connectivity index (χ1) is 12.2. The molecule has 0 aliphatic rings. The Balaban J connectivity index is 1.64. The van der Waals surface area contributed by atoms with E-state index in [1.54, 1.807) is 24.3 Å². The van der Waals surface area contributed by atoms with E-state index in [9.17, 15) is 14.7 Å². The molecule has 5 nitrogen and oxygen atoms in total. The Morgan fingerprint density at radius 1 is 1.08 bits per heavy atom. The lowest BCUT2D eigenvalue weighted by molar-refractivity contribution is 0.112. The monoisotopic (exact) mass is 355 g/mol. The number of thiazole rings is 1.